The fraction of sp³-hybridized carbons (Fsp3) is 0.196. The van der Waals surface area contributed by atoms with Gasteiger partial charge in [-0.15, -0.1) is 0 Å². The van der Waals surface area contributed by atoms with Gasteiger partial charge in [0.05, 0.1) is 17.6 Å². The van der Waals surface area contributed by atoms with Crippen LogP contribution in [0.1, 0.15) is 82.7 Å². The molecule has 3 heterocycles. The molecule has 50 heavy (non-hydrogen) atoms. The Morgan fingerprint density at radius 1 is 0.680 bits per heavy atom. The summed E-state index contributed by atoms with van der Waals surface area (Å²) in [6.07, 6.45) is 29.1. The van der Waals surface area contributed by atoms with Crippen molar-refractivity contribution in [2.45, 2.75) is 57.0 Å². The molecule has 2 aromatic heterocycles. The molecule has 0 saturated heterocycles. The summed E-state index contributed by atoms with van der Waals surface area (Å²) in [6.45, 7) is 0. The first-order chi connectivity index (χ1) is 24.8. The molecule has 0 saturated carbocycles. The van der Waals surface area contributed by atoms with Gasteiger partial charge in [-0.2, -0.15) is 0 Å². The highest BCUT2D eigenvalue weighted by atomic mass is 15.1. The van der Waals surface area contributed by atoms with E-state index in [1.54, 1.807) is 0 Å². The van der Waals surface area contributed by atoms with Gasteiger partial charge in [0, 0.05) is 39.4 Å². The van der Waals surface area contributed by atoms with Gasteiger partial charge in [-0.1, -0.05) is 103 Å². The lowest BCUT2D eigenvalue weighted by Crippen LogP contribution is -2.30. The van der Waals surface area contributed by atoms with Gasteiger partial charge >= 0.3 is 0 Å². The van der Waals surface area contributed by atoms with E-state index in [0.29, 0.717) is 0 Å². The van der Waals surface area contributed by atoms with Crippen LogP contribution in [0.25, 0.3) is 34.8 Å². The van der Waals surface area contributed by atoms with Crippen LogP contribution in [0.2, 0.25) is 0 Å². The quantitative estimate of drug-likeness (QED) is 0.202. The third-order valence-corrected chi connectivity index (χ3v) is 11.1. The molecule has 0 radical (unpaired) electrons. The largest absolute Gasteiger partial charge is 0.340 e. The molecule has 2 atom stereocenters. The van der Waals surface area contributed by atoms with Gasteiger partial charge < -0.3 is 14.5 Å². The van der Waals surface area contributed by atoms with Crippen molar-refractivity contribution < 1.29 is 0 Å². The number of allylic oxidation sites excluding steroid dienone is 7. The Labute approximate surface area is 293 Å². The summed E-state index contributed by atoms with van der Waals surface area (Å²) in [5.74, 6) is 0.918. The van der Waals surface area contributed by atoms with E-state index in [1.807, 2.05) is 0 Å². The van der Waals surface area contributed by atoms with Gasteiger partial charge in [0.2, 0.25) is 0 Å². The number of fused-ring (bicyclic) bond motifs is 6. The standard InChI is InChI=1S/C46H40N4/c1-3-15-31(16-4-1)40-30-41(48-46(47-40)32-17-5-2-6-18-32)33-27-34(49-42-23-11-7-19-36(42)37-20-8-12-24-43(37)49)29-35(28-33)50-44-25-13-9-21-38(44)39-22-10-14-26-45(39)50/h1-7,9,11-12,14-19,21,23-24,26-27,29-30,35,40H,8,10,13,20,22,25,28H2,(H,47,48). The van der Waals surface area contributed by atoms with Crippen LogP contribution in [-0.4, -0.2) is 15.0 Å². The Morgan fingerprint density at radius 2 is 1.40 bits per heavy atom. The summed E-state index contributed by atoms with van der Waals surface area (Å²) >= 11 is 0. The van der Waals surface area contributed by atoms with E-state index < -0.39 is 0 Å². The molecule has 4 heteroatoms. The molecule has 5 aliphatic rings. The average molecular weight is 649 g/mol. The summed E-state index contributed by atoms with van der Waals surface area (Å²) in [6, 6.07) is 30.4. The molecule has 244 valence electrons. The lowest BCUT2D eigenvalue weighted by molar-refractivity contribution is 0.562. The number of nitrogens with one attached hydrogen (secondary N) is 1. The second-order valence-electron chi connectivity index (χ2n) is 14.1. The minimum Gasteiger partial charge on any atom is -0.340 e. The Bertz CT molecular complexity index is 2370. The van der Waals surface area contributed by atoms with Gasteiger partial charge in [0.1, 0.15) is 5.84 Å². The van der Waals surface area contributed by atoms with Crippen molar-refractivity contribution in [1.29, 1.82) is 0 Å². The van der Waals surface area contributed by atoms with Gasteiger partial charge in [-0.05, 0) is 109 Å². The summed E-state index contributed by atoms with van der Waals surface area (Å²) in [5.41, 5.74) is 15.9. The molecule has 3 aromatic carbocycles. The Hall–Kier alpha value is -5.61. The van der Waals surface area contributed by atoms with Crippen molar-refractivity contribution in [3.8, 4) is 0 Å². The van der Waals surface area contributed by atoms with Gasteiger partial charge in [-0.3, -0.25) is 4.99 Å². The molecular weight excluding hydrogens is 609 g/mol. The molecule has 5 aromatic rings. The number of para-hydroxylation sites is 1. The highest BCUT2D eigenvalue weighted by Crippen LogP contribution is 2.43. The molecule has 0 fully saturated rings. The average Bonchev–Trinajstić information content (AvgIpc) is 3.71. The number of nitrogens with zero attached hydrogens (tertiary/aromatic N) is 3. The number of hydrogen-bond donors (Lipinski definition) is 1. The van der Waals surface area contributed by atoms with Crippen molar-refractivity contribution in [2.75, 3.05) is 0 Å². The summed E-state index contributed by atoms with van der Waals surface area (Å²) in [7, 11) is 0. The number of benzene rings is 3. The van der Waals surface area contributed by atoms with E-state index in [2.05, 4.69) is 154 Å². The molecule has 4 nitrogen and oxygen atoms in total. The molecule has 0 spiro atoms. The van der Waals surface area contributed by atoms with Crippen molar-refractivity contribution in [1.82, 2.24) is 14.5 Å². The molecule has 0 bridgehead atoms. The molecule has 10 rings (SSSR count). The smallest absolute Gasteiger partial charge is 0.133 e. The van der Waals surface area contributed by atoms with Crippen LogP contribution in [0.4, 0.5) is 0 Å². The first-order valence-corrected chi connectivity index (χ1v) is 18.3. The van der Waals surface area contributed by atoms with E-state index in [4.69, 9.17) is 4.99 Å². The maximum absolute atomic E-state index is 5.27. The minimum absolute atomic E-state index is 0.0837. The van der Waals surface area contributed by atoms with Crippen LogP contribution >= 0.6 is 0 Å². The van der Waals surface area contributed by atoms with Gasteiger partial charge in [-0.25, -0.2) is 0 Å². The lowest BCUT2D eigenvalue weighted by atomic mass is 9.92. The second-order valence-corrected chi connectivity index (χ2v) is 14.1. The monoisotopic (exact) mass is 648 g/mol. The van der Waals surface area contributed by atoms with Gasteiger partial charge in [0.15, 0.2) is 0 Å². The summed E-state index contributed by atoms with van der Waals surface area (Å²) in [4.78, 5) is 5.27. The van der Waals surface area contributed by atoms with Crippen LogP contribution in [0, 0.1) is 0 Å². The number of rotatable bonds is 5. The van der Waals surface area contributed by atoms with Crippen LogP contribution in [-0.2, 0) is 19.3 Å². The van der Waals surface area contributed by atoms with E-state index in [1.165, 1.54) is 61.5 Å². The highest BCUT2D eigenvalue weighted by Gasteiger charge is 2.31. The topological polar surface area (TPSA) is 34.2 Å². The zero-order chi connectivity index (χ0) is 33.0. The predicted molar refractivity (Wildman–Crippen MR) is 208 cm³/mol. The first-order valence-electron chi connectivity index (χ1n) is 18.3. The normalized spacial score (nSPS) is 20.6. The number of aryl methyl sites for hydroxylation is 1. The molecule has 1 aliphatic heterocycles. The molecule has 1 N–H and O–H groups in total. The first kappa shape index (κ1) is 29.3. The van der Waals surface area contributed by atoms with Crippen molar-refractivity contribution in [2.24, 2.45) is 4.99 Å². The highest BCUT2D eigenvalue weighted by molar-refractivity contribution is 6.01. The van der Waals surface area contributed by atoms with Crippen LogP contribution < -0.4 is 5.32 Å². The number of hydrogen-bond acceptors (Lipinski definition) is 2. The van der Waals surface area contributed by atoms with E-state index in [-0.39, 0.29) is 12.1 Å². The number of amidine groups is 1. The SMILES string of the molecule is C1=Cc2c(c3c(n2C2C=C(n4c5c(c6ccccc64)CCC=C5)C=C(C4=CC(c5ccccc5)N=C(c5ccccc5)N4)C2)CCC=C3)CC1. The van der Waals surface area contributed by atoms with E-state index in [0.717, 1.165) is 62.0 Å². The summed E-state index contributed by atoms with van der Waals surface area (Å²) in [5, 5.41) is 5.22. The van der Waals surface area contributed by atoms with E-state index in [9.17, 15) is 0 Å². The Morgan fingerprint density at radius 3 is 2.26 bits per heavy atom. The second kappa shape index (κ2) is 12.1. The van der Waals surface area contributed by atoms with Crippen molar-refractivity contribution >= 4 is 40.7 Å². The maximum atomic E-state index is 5.27. The number of aromatic nitrogens is 2. The Balaban J connectivity index is 1.18. The Kier molecular flexibility index (Phi) is 7.07. The fourth-order valence-electron chi connectivity index (χ4n) is 8.86. The van der Waals surface area contributed by atoms with Crippen LogP contribution in [0.3, 0.4) is 0 Å². The molecular formula is C46H40N4. The fourth-order valence-corrected chi connectivity index (χ4v) is 8.86. The maximum Gasteiger partial charge on any atom is 0.133 e. The van der Waals surface area contributed by atoms with Crippen molar-refractivity contribution in [3.63, 3.8) is 0 Å². The van der Waals surface area contributed by atoms with Crippen LogP contribution in [0.5, 0.6) is 0 Å². The molecule has 0 amide bonds. The minimum atomic E-state index is -0.0837. The number of aliphatic imine (C=N–C) groups is 1. The van der Waals surface area contributed by atoms with Crippen molar-refractivity contribution in [3.05, 3.63) is 178 Å². The zero-order valence-electron chi connectivity index (χ0n) is 28.2. The predicted octanol–water partition coefficient (Wildman–Crippen LogP) is 10.4. The summed E-state index contributed by atoms with van der Waals surface area (Å²) < 4.78 is 5.24. The molecule has 2 unspecified atom stereocenters. The third-order valence-electron chi connectivity index (χ3n) is 11.1. The van der Waals surface area contributed by atoms with Gasteiger partial charge in [0.25, 0.3) is 0 Å². The zero-order valence-corrected chi connectivity index (χ0v) is 28.2. The molecule has 4 aliphatic carbocycles. The van der Waals surface area contributed by atoms with Crippen LogP contribution in [0.15, 0.2) is 138 Å². The van der Waals surface area contributed by atoms with E-state index >= 15 is 0 Å². The third kappa shape index (κ3) is 4.85. The lowest BCUT2D eigenvalue weighted by Gasteiger charge is -2.31.